The summed E-state index contributed by atoms with van der Waals surface area (Å²) < 4.78 is 7.65. The average molecular weight is 679 g/mol. The van der Waals surface area contributed by atoms with Gasteiger partial charge in [0.1, 0.15) is 11.6 Å². The Balaban J connectivity index is 1.08. The maximum Gasteiger partial charge on any atom is 0.287 e. The highest BCUT2D eigenvalue weighted by Gasteiger charge is 2.31. The molecule has 0 radical (unpaired) electrons. The van der Waals surface area contributed by atoms with Crippen LogP contribution in [0.1, 0.15) is 34.5 Å². The lowest BCUT2D eigenvalue weighted by molar-refractivity contribution is -0.133. The molecule has 2 aromatic heterocycles. The number of para-hydroxylation sites is 1. The fraction of sp³-hybridized carbons (Fsp3) is 0.270. The van der Waals surface area contributed by atoms with E-state index in [9.17, 15) is 19.2 Å². The molecule has 0 unspecified atom stereocenters. The molecule has 1 N–H and O–H groups in total. The van der Waals surface area contributed by atoms with Crippen LogP contribution in [0.15, 0.2) is 101 Å². The number of anilines is 1. The first-order chi connectivity index (χ1) is 23.8. The minimum atomic E-state index is -0.918. The van der Waals surface area contributed by atoms with Crippen molar-refractivity contribution in [2.75, 3.05) is 37.6 Å². The number of carbonyl (C=O) groups is 3. The van der Waals surface area contributed by atoms with Crippen LogP contribution in [0.25, 0.3) is 16.7 Å². The summed E-state index contributed by atoms with van der Waals surface area (Å²) in [5, 5.41) is 3.74. The van der Waals surface area contributed by atoms with Gasteiger partial charge in [-0.3, -0.25) is 19.2 Å². The van der Waals surface area contributed by atoms with Crippen molar-refractivity contribution in [3.63, 3.8) is 0 Å². The number of halogens is 1. The van der Waals surface area contributed by atoms with Gasteiger partial charge >= 0.3 is 0 Å². The van der Waals surface area contributed by atoms with Crippen molar-refractivity contribution in [1.82, 2.24) is 24.7 Å². The van der Waals surface area contributed by atoms with Gasteiger partial charge in [-0.15, -0.1) is 0 Å². The Hall–Kier alpha value is -5.42. The molecule has 3 amide bonds. The van der Waals surface area contributed by atoms with E-state index in [1.165, 1.54) is 0 Å². The number of hydrogen-bond donors (Lipinski definition) is 1. The van der Waals surface area contributed by atoms with E-state index in [1.54, 1.807) is 58.5 Å². The van der Waals surface area contributed by atoms with Crippen LogP contribution in [-0.4, -0.2) is 75.8 Å². The van der Waals surface area contributed by atoms with Crippen molar-refractivity contribution in [3.8, 4) is 5.69 Å². The number of hydrogen-bond acceptors (Lipinski definition) is 7. The van der Waals surface area contributed by atoms with E-state index in [4.69, 9.17) is 16.0 Å². The fourth-order valence-corrected chi connectivity index (χ4v) is 6.66. The standard InChI is InChI=1S/C37H35ClN6O5/c38-27-9-7-25(8-10-27)20-30(40-36(47)34-22-32(45)29-21-28(11-12-33(29)49-34)44-15-13-39-24-44)37(48)42-18-16-41(17-19-42)31-5-2-1-4-26(31)23-43-14-3-6-35(43)46/h1-2,4-5,7-13,15,21-22,24,30H,3,6,14,16-20,23H2,(H,40,47)/t30-/m1/s1. The minimum Gasteiger partial charge on any atom is -0.451 e. The van der Waals surface area contributed by atoms with Crippen LogP contribution in [0, 0.1) is 0 Å². The van der Waals surface area contributed by atoms with Crippen molar-refractivity contribution >= 4 is 46.0 Å². The molecule has 49 heavy (non-hydrogen) atoms. The second-order valence-electron chi connectivity index (χ2n) is 12.3. The van der Waals surface area contributed by atoms with E-state index in [1.807, 2.05) is 29.2 Å². The first-order valence-electron chi connectivity index (χ1n) is 16.3. The van der Waals surface area contributed by atoms with Gasteiger partial charge in [-0.1, -0.05) is 41.9 Å². The number of carbonyl (C=O) groups excluding carboxylic acids is 3. The van der Waals surface area contributed by atoms with Gasteiger partial charge in [-0.05, 0) is 53.9 Å². The molecule has 250 valence electrons. The summed E-state index contributed by atoms with van der Waals surface area (Å²) >= 11 is 6.11. The maximum atomic E-state index is 14.1. The smallest absolute Gasteiger partial charge is 0.287 e. The third-order valence-corrected chi connectivity index (χ3v) is 9.40. The van der Waals surface area contributed by atoms with E-state index in [0.29, 0.717) is 49.6 Å². The molecule has 2 fully saturated rings. The molecule has 0 aliphatic carbocycles. The van der Waals surface area contributed by atoms with E-state index in [-0.39, 0.29) is 35.0 Å². The van der Waals surface area contributed by atoms with Crippen molar-refractivity contribution < 1.29 is 18.8 Å². The molecule has 2 aliphatic rings. The molecule has 7 rings (SSSR count). The van der Waals surface area contributed by atoms with Crippen LogP contribution < -0.4 is 15.6 Å². The number of piperazine rings is 1. The molecule has 11 nitrogen and oxygen atoms in total. The van der Waals surface area contributed by atoms with Gasteiger partial charge in [-0.2, -0.15) is 0 Å². The van der Waals surface area contributed by atoms with Crippen LogP contribution in [-0.2, 0) is 22.6 Å². The summed E-state index contributed by atoms with van der Waals surface area (Å²) in [6.45, 7) is 3.43. The first-order valence-corrected chi connectivity index (χ1v) is 16.7. The van der Waals surface area contributed by atoms with Gasteiger partial charge in [-0.25, -0.2) is 4.98 Å². The van der Waals surface area contributed by atoms with Crippen LogP contribution in [0.2, 0.25) is 5.02 Å². The number of aromatic nitrogens is 2. The predicted molar refractivity (Wildman–Crippen MR) is 186 cm³/mol. The number of benzene rings is 3. The Kier molecular flexibility index (Phi) is 9.17. The van der Waals surface area contributed by atoms with Gasteiger partial charge in [0, 0.05) is 87.0 Å². The Morgan fingerprint density at radius 2 is 1.73 bits per heavy atom. The van der Waals surface area contributed by atoms with E-state index < -0.39 is 11.9 Å². The molecule has 1 atom stereocenters. The van der Waals surface area contributed by atoms with E-state index in [0.717, 1.165) is 41.5 Å². The molecule has 0 bridgehead atoms. The average Bonchev–Trinajstić information content (AvgIpc) is 3.81. The molecule has 0 spiro atoms. The van der Waals surface area contributed by atoms with Gasteiger partial charge in [0.25, 0.3) is 5.91 Å². The van der Waals surface area contributed by atoms with Crippen LogP contribution in [0.5, 0.6) is 0 Å². The number of amides is 3. The normalized spacial score (nSPS) is 15.5. The predicted octanol–water partition coefficient (Wildman–Crippen LogP) is 4.44. The van der Waals surface area contributed by atoms with Gasteiger partial charge in [0.05, 0.1) is 11.7 Å². The SMILES string of the molecule is O=C(N[C@H](Cc1ccc(Cl)cc1)C(=O)N1CCN(c2ccccc2CN2CCCC2=O)CC1)c1cc(=O)c2cc(-n3ccnc3)ccc2o1. The van der Waals surface area contributed by atoms with Crippen LogP contribution in [0.4, 0.5) is 5.69 Å². The lowest BCUT2D eigenvalue weighted by Gasteiger charge is -2.38. The van der Waals surface area contributed by atoms with Crippen molar-refractivity contribution in [1.29, 1.82) is 0 Å². The van der Waals surface area contributed by atoms with Gasteiger partial charge in [0.2, 0.25) is 11.8 Å². The Bertz CT molecular complexity index is 2050. The number of nitrogens with one attached hydrogen (secondary N) is 1. The number of imidazole rings is 1. The molecule has 12 heteroatoms. The highest BCUT2D eigenvalue weighted by molar-refractivity contribution is 6.30. The number of likely N-dealkylation sites (tertiary alicyclic amines) is 1. The molecule has 4 heterocycles. The third kappa shape index (κ3) is 7.07. The van der Waals surface area contributed by atoms with Crippen molar-refractivity contribution in [2.45, 2.75) is 31.8 Å². The molecule has 0 saturated carbocycles. The summed E-state index contributed by atoms with van der Waals surface area (Å²) in [4.78, 5) is 63.0. The van der Waals surface area contributed by atoms with E-state index >= 15 is 0 Å². The lowest BCUT2D eigenvalue weighted by atomic mass is 10.0. The van der Waals surface area contributed by atoms with Crippen LogP contribution >= 0.6 is 11.6 Å². The largest absolute Gasteiger partial charge is 0.451 e. The molecule has 2 saturated heterocycles. The highest BCUT2D eigenvalue weighted by atomic mass is 35.5. The Morgan fingerprint density at radius 1 is 0.939 bits per heavy atom. The van der Waals surface area contributed by atoms with Crippen LogP contribution in [0.3, 0.4) is 0 Å². The van der Waals surface area contributed by atoms with Gasteiger partial charge in [0.15, 0.2) is 11.2 Å². The molecular weight excluding hydrogens is 644 g/mol. The Morgan fingerprint density at radius 3 is 2.47 bits per heavy atom. The van der Waals surface area contributed by atoms with Crippen molar-refractivity contribution in [3.05, 3.63) is 124 Å². The Labute approximate surface area is 287 Å². The second kappa shape index (κ2) is 14.0. The number of rotatable bonds is 9. The zero-order valence-corrected chi connectivity index (χ0v) is 27.5. The summed E-state index contributed by atoms with van der Waals surface area (Å²) in [7, 11) is 0. The fourth-order valence-electron chi connectivity index (χ4n) is 6.53. The minimum absolute atomic E-state index is 0.181. The zero-order valence-electron chi connectivity index (χ0n) is 26.8. The molecule has 2 aliphatic heterocycles. The molecule has 3 aromatic carbocycles. The summed E-state index contributed by atoms with van der Waals surface area (Å²) in [6.07, 6.45) is 6.73. The lowest BCUT2D eigenvalue weighted by Crippen LogP contribution is -2.55. The quantitative estimate of drug-likeness (QED) is 0.245. The number of fused-ring (bicyclic) bond motifs is 1. The highest BCUT2D eigenvalue weighted by Crippen LogP contribution is 2.26. The maximum absolute atomic E-state index is 14.1. The van der Waals surface area contributed by atoms with E-state index in [2.05, 4.69) is 27.3 Å². The number of nitrogens with zero attached hydrogens (tertiary/aromatic N) is 5. The molecular formula is C37H35ClN6O5. The van der Waals surface area contributed by atoms with Gasteiger partial charge < -0.3 is 29.0 Å². The first kappa shape index (κ1) is 32.1. The molecule has 5 aromatic rings. The summed E-state index contributed by atoms with van der Waals surface area (Å²) in [5.41, 5.74) is 3.57. The van der Waals surface area contributed by atoms with Crippen molar-refractivity contribution in [2.24, 2.45) is 0 Å². The second-order valence-corrected chi connectivity index (χ2v) is 12.8. The monoisotopic (exact) mass is 678 g/mol. The third-order valence-electron chi connectivity index (χ3n) is 9.15. The summed E-state index contributed by atoms with van der Waals surface area (Å²) in [5.74, 6) is -0.887. The topological polar surface area (TPSA) is 121 Å². The summed E-state index contributed by atoms with van der Waals surface area (Å²) in [6, 6.07) is 20.6. The zero-order chi connectivity index (χ0) is 33.9.